The number of rotatable bonds is 7. The van der Waals surface area contributed by atoms with Gasteiger partial charge in [-0.15, -0.1) is 0 Å². The van der Waals surface area contributed by atoms with E-state index in [1.54, 1.807) is 12.1 Å². The number of nitrogens with one attached hydrogen (secondary N) is 1. The Bertz CT molecular complexity index is 1170. The van der Waals surface area contributed by atoms with E-state index in [9.17, 15) is 27.6 Å². The van der Waals surface area contributed by atoms with Gasteiger partial charge >= 0.3 is 6.18 Å². The fraction of sp³-hybridized carbons (Fsp3) is 0.227. The molecule has 0 atom stereocenters. The van der Waals surface area contributed by atoms with E-state index in [4.69, 9.17) is 9.47 Å². The first-order chi connectivity index (χ1) is 16.0. The molecule has 1 saturated heterocycles. The highest BCUT2D eigenvalue weighted by Crippen LogP contribution is 2.39. The predicted molar refractivity (Wildman–Crippen MR) is 125 cm³/mol. The zero-order chi connectivity index (χ0) is 25.0. The van der Waals surface area contributed by atoms with Crippen LogP contribution in [0.2, 0.25) is 0 Å². The molecule has 3 rings (SSSR count). The molecule has 0 aliphatic carbocycles. The van der Waals surface area contributed by atoms with E-state index in [0.29, 0.717) is 39.9 Å². The molecule has 0 bridgehead atoms. The summed E-state index contributed by atoms with van der Waals surface area (Å²) in [6, 6.07) is 7.36. The van der Waals surface area contributed by atoms with Gasteiger partial charge in [-0.2, -0.15) is 13.2 Å². The molecule has 34 heavy (non-hydrogen) atoms. The van der Waals surface area contributed by atoms with Gasteiger partial charge in [-0.25, -0.2) is 0 Å². The highest BCUT2D eigenvalue weighted by atomic mass is 79.9. The number of alkyl halides is 3. The lowest BCUT2D eigenvalue weighted by Gasteiger charge is -2.14. The van der Waals surface area contributed by atoms with E-state index < -0.39 is 35.3 Å². The van der Waals surface area contributed by atoms with E-state index in [1.807, 2.05) is 6.92 Å². The standard InChI is InChI=1S/C22H18BrF3N2O5S/c1-3-33-19-15(23)7-12(8-16(19)32-2)9-17-20(30)28(21(31)34-17)11-18(29)27-14-6-4-5-13(10-14)22(24,25)26/h4-10H,3,11H2,1-2H3,(H,27,29)/b17-9-. The normalized spacial score (nSPS) is 15.1. The molecule has 1 fully saturated rings. The Morgan fingerprint density at radius 3 is 2.62 bits per heavy atom. The second-order valence-corrected chi connectivity index (χ2v) is 8.71. The van der Waals surface area contributed by atoms with Crippen LogP contribution in [0.4, 0.5) is 23.7 Å². The molecule has 12 heteroatoms. The van der Waals surface area contributed by atoms with Crippen molar-refractivity contribution in [1.29, 1.82) is 0 Å². The molecule has 2 aromatic carbocycles. The van der Waals surface area contributed by atoms with Crippen LogP contribution in [0, 0.1) is 0 Å². The summed E-state index contributed by atoms with van der Waals surface area (Å²) in [5.74, 6) is -0.602. The Morgan fingerprint density at radius 2 is 1.97 bits per heavy atom. The lowest BCUT2D eigenvalue weighted by Crippen LogP contribution is -2.36. The van der Waals surface area contributed by atoms with Gasteiger partial charge in [0.1, 0.15) is 6.54 Å². The van der Waals surface area contributed by atoms with Gasteiger partial charge in [-0.3, -0.25) is 19.3 Å². The maximum absolute atomic E-state index is 12.9. The Hall–Kier alpha value is -2.99. The van der Waals surface area contributed by atoms with Crippen molar-refractivity contribution in [1.82, 2.24) is 4.90 Å². The summed E-state index contributed by atoms with van der Waals surface area (Å²) < 4.78 is 50.0. The minimum Gasteiger partial charge on any atom is -0.493 e. The number of anilines is 1. The number of hydrogen-bond donors (Lipinski definition) is 1. The van der Waals surface area contributed by atoms with Crippen LogP contribution >= 0.6 is 27.7 Å². The molecule has 1 aliphatic rings. The maximum atomic E-state index is 12.9. The minimum atomic E-state index is -4.57. The monoisotopic (exact) mass is 558 g/mol. The van der Waals surface area contributed by atoms with E-state index in [2.05, 4.69) is 21.2 Å². The van der Waals surface area contributed by atoms with Gasteiger partial charge < -0.3 is 14.8 Å². The molecule has 2 aromatic rings. The fourth-order valence-electron chi connectivity index (χ4n) is 3.01. The minimum absolute atomic E-state index is 0.0787. The molecule has 0 radical (unpaired) electrons. The summed E-state index contributed by atoms with van der Waals surface area (Å²) in [5, 5.41) is 1.60. The molecule has 0 spiro atoms. The second-order valence-electron chi connectivity index (χ2n) is 6.86. The average Bonchev–Trinajstić information content (AvgIpc) is 3.02. The van der Waals surface area contributed by atoms with E-state index in [-0.39, 0.29) is 10.6 Å². The summed E-state index contributed by atoms with van der Waals surface area (Å²) in [6.07, 6.45) is -3.10. The summed E-state index contributed by atoms with van der Waals surface area (Å²) >= 11 is 4.03. The fourth-order valence-corrected chi connectivity index (χ4v) is 4.43. The number of methoxy groups -OCH3 is 1. The van der Waals surface area contributed by atoms with Crippen LogP contribution in [0.25, 0.3) is 6.08 Å². The lowest BCUT2D eigenvalue weighted by atomic mass is 10.2. The molecule has 0 unspecified atom stereocenters. The highest BCUT2D eigenvalue weighted by molar-refractivity contribution is 9.10. The lowest BCUT2D eigenvalue weighted by molar-refractivity contribution is -0.137. The SMILES string of the molecule is CCOc1c(Br)cc(/C=C2\SC(=O)N(CC(=O)Nc3cccc(C(F)(F)F)c3)C2=O)cc1OC. The molecule has 1 heterocycles. The van der Waals surface area contributed by atoms with Crippen molar-refractivity contribution in [2.24, 2.45) is 0 Å². The van der Waals surface area contributed by atoms with Crippen LogP contribution in [0.3, 0.4) is 0 Å². The summed E-state index contributed by atoms with van der Waals surface area (Å²) in [5.41, 5.74) is -0.490. The van der Waals surface area contributed by atoms with Crippen LogP contribution in [-0.4, -0.2) is 42.2 Å². The average molecular weight is 559 g/mol. The Balaban J connectivity index is 1.74. The molecule has 1 N–H and O–H groups in total. The van der Waals surface area contributed by atoms with Gasteiger partial charge in [0, 0.05) is 5.69 Å². The highest BCUT2D eigenvalue weighted by Gasteiger charge is 2.36. The third-order valence-electron chi connectivity index (χ3n) is 4.49. The first-order valence-corrected chi connectivity index (χ1v) is 11.4. The van der Waals surface area contributed by atoms with Crippen LogP contribution in [0.5, 0.6) is 11.5 Å². The van der Waals surface area contributed by atoms with Crippen LogP contribution in [0.1, 0.15) is 18.1 Å². The van der Waals surface area contributed by atoms with Crippen LogP contribution in [-0.2, 0) is 15.8 Å². The van der Waals surface area contributed by atoms with Crippen LogP contribution < -0.4 is 14.8 Å². The van der Waals surface area contributed by atoms with Gasteiger partial charge in [0.15, 0.2) is 11.5 Å². The smallest absolute Gasteiger partial charge is 0.416 e. The van der Waals surface area contributed by atoms with Crippen molar-refractivity contribution in [2.45, 2.75) is 13.1 Å². The molecular formula is C22H18BrF3N2O5S. The molecule has 1 aliphatic heterocycles. The van der Waals surface area contributed by atoms with E-state index in [0.717, 1.165) is 23.1 Å². The number of benzene rings is 2. The topological polar surface area (TPSA) is 84.9 Å². The number of carbonyl (C=O) groups is 3. The van der Waals surface area contributed by atoms with Crippen molar-refractivity contribution in [3.63, 3.8) is 0 Å². The Morgan fingerprint density at radius 1 is 1.24 bits per heavy atom. The largest absolute Gasteiger partial charge is 0.493 e. The Labute approximate surface area is 205 Å². The van der Waals surface area contributed by atoms with E-state index >= 15 is 0 Å². The molecule has 7 nitrogen and oxygen atoms in total. The first-order valence-electron chi connectivity index (χ1n) is 9.76. The zero-order valence-corrected chi connectivity index (χ0v) is 20.3. The number of amides is 3. The number of halogens is 4. The second kappa shape index (κ2) is 10.5. The first kappa shape index (κ1) is 25.6. The summed E-state index contributed by atoms with van der Waals surface area (Å²) in [6.45, 7) is 1.59. The zero-order valence-electron chi connectivity index (χ0n) is 17.9. The van der Waals surface area contributed by atoms with E-state index in [1.165, 1.54) is 19.3 Å². The molecule has 3 amide bonds. The number of imide groups is 1. The summed E-state index contributed by atoms with van der Waals surface area (Å²) in [4.78, 5) is 38.2. The van der Waals surface area contributed by atoms with Gasteiger partial charge in [0.25, 0.3) is 11.1 Å². The van der Waals surface area contributed by atoms with Gasteiger partial charge in [0.05, 0.1) is 28.7 Å². The molecule has 0 aromatic heterocycles. The predicted octanol–water partition coefficient (Wildman–Crippen LogP) is 5.55. The van der Waals surface area contributed by atoms with Gasteiger partial charge in [0.2, 0.25) is 5.91 Å². The number of ether oxygens (including phenoxy) is 2. The van der Waals surface area contributed by atoms with Gasteiger partial charge in [-0.05, 0) is 76.6 Å². The molecule has 180 valence electrons. The maximum Gasteiger partial charge on any atom is 0.416 e. The van der Waals surface area contributed by atoms with Crippen LogP contribution in [0.15, 0.2) is 45.8 Å². The van der Waals surface area contributed by atoms with Crippen molar-refractivity contribution in [3.05, 3.63) is 56.9 Å². The third kappa shape index (κ3) is 5.92. The number of hydrogen-bond acceptors (Lipinski definition) is 6. The van der Waals surface area contributed by atoms with Crippen molar-refractivity contribution >= 4 is 56.5 Å². The summed E-state index contributed by atoms with van der Waals surface area (Å²) in [7, 11) is 1.46. The van der Waals surface area contributed by atoms with Crippen molar-refractivity contribution in [2.75, 3.05) is 25.6 Å². The molecular weight excluding hydrogens is 541 g/mol. The molecule has 0 saturated carbocycles. The number of thioether (sulfide) groups is 1. The van der Waals surface area contributed by atoms with Gasteiger partial charge in [-0.1, -0.05) is 6.07 Å². The Kier molecular flexibility index (Phi) is 7.93. The quantitative estimate of drug-likeness (QED) is 0.448. The van der Waals surface area contributed by atoms with Crippen molar-refractivity contribution < 1.29 is 37.0 Å². The number of carbonyl (C=O) groups excluding carboxylic acids is 3. The third-order valence-corrected chi connectivity index (χ3v) is 5.98. The van der Waals surface area contributed by atoms with Crippen molar-refractivity contribution in [3.8, 4) is 11.5 Å². The number of nitrogens with zero attached hydrogens (tertiary/aromatic N) is 1.